The van der Waals surface area contributed by atoms with E-state index in [9.17, 15) is 13.2 Å². The number of halogens is 2. The highest BCUT2D eigenvalue weighted by atomic mass is 35.5. The van der Waals surface area contributed by atoms with Gasteiger partial charge >= 0.3 is 0 Å². The molecule has 0 saturated carbocycles. The molecule has 1 amide bonds. The molecule has 0 atom stereocenters. The van der Waals surface area contributed by atoms with E-state index in [1.54, 1.807) is 24.3 Å². The third-order valence-corrected chi connectivity index (χ3v) is 6.84. The number of benzene rings is 2. The molecule has 3 aromatic rings. The molecule has 0 radical (unpaired) electrons. The Hall–Kier alpha value is -2.46. The molecule has 0 bridgehead atoms. The van der Waals surface area contributed by atoms with Crippen molar-refractivity contribution in [3.05, 3.63) is 62.8 Å². The minimum Gasteiger partial charge on any atom is -0.497 e. The zero-order valence-corrected chi connectivity index (χ0v) is 18.9. The van der Waals surface area contributed by atoms with Gasteiger partial charge in [-0.1, -0.05) is 23.2 Å². The lowest BCUT2D eigenvalue weighted by atomic mass is 10.2. The van der Waals surface area contributed by atoms with Crippen molar-refractivity contribution < 1.29 is 22.7 Å². The average Bonchev–Trinajstić information content (AvgIpc) is 3.06. The van der Waals surface area contributed by atoms with Crippen LogP contribution in [-0.2, 0) is 10.0 Å². The lowest BCUT2D eigenvalue weighted by molar-refractivity contribution is 0.102. The van der Waals surface area contributed by atoms with Gasteiger partial charge in [0.1, 0.15) is 20.7 Å². The zero-order valence-electron chi connectivity index (χ0n) is 15.7. The molecule has 1 aromatic heterocycles. The number of amides is 1. The maximum atomic E-state index is 12.9. The molecule has 158 valence electrons. The summed E-state index contributed by atoms with van der Waals surface area (Å²) in [5.74, 6) is 0.192. The topological polar surface area (TPSA) is 93.7 Å². The zero-order chi connectivity index (χ0) is 21.9. The number of carbonyl (C=O) groups excluding carboxylic acids is 1. The number of nitrogens with one attached hydrogen (secondary N) is 2. The van der Waals surface area contributed by atoms with Crippen LogP contribution >= 0.6 is 34.5 Å². The Labute approximate surface area is 187 Å². The van der Waals surface area contributed by atoms with Crippen LogP contribution < -0.4 is 19.5 Å². The van der Waals surface area contributed by atoms with Crippen molar-refractivity contribution in [2.24, 2.45) is 0 Å². The van der Waals surface area contributed by atoms with Gasteiger partial charge in [-0.3, -0.25) is 9.52 Å². The molecule has 2 N–H and O–H groups in total. The van der Waals surface area contributed by atoms with Crippen LogP contribution in [0.3, 0.4) is 0 Å². The maximum absolute atomic E-state index is 12.9. The van der Waals surface area contributed by atoms with Crippen molar-refractivity contribution in [2.45, 2.75) is 4.90 Å². The summed E-state index contributed by atoms with van der Waals surface area (Å²) in [5.41, 5.74) is 0.782. The van der Waals surface area contributed by atoms with E-state index in [-0.39, 0.29) is 26.2 Å². The number of sulfonamides is 1. The summed E-state index contributed by atoms with van der Waals surface area (Å²) in [7, 11) is -1.15. The van der Waals surface area contributed by atoms with Crippen LogP contribution in [0.4, 0.5) is 11.4 Å². The molecule has 0 saturated heterocycles. The van der Waals surface area contributed by atoms with E-state index in [0.717, 1.165) is 11.3 Å². The quantitative estimate of drug-likeness (QED) is 0.482. The molecule has 0 aliphatic rings. The number of anilines is 2. The van der Waals surface area contributed by atoms with Crippen LogP contribution in [0.25, 0.3) is 0 Å². The van der Waals surface area contributed by atoms with Gasteiger partial charge in [0.15, 0.2) is 0 Å². The molecule has 0 aliphatic heterocycles. The van der Waals surface area contributed by atoms with E-state index in [2.05, 4.69) is 10.0 Å². The summed E-state index contributed by atoms with van der Waals surface area (Å²) >= 11 is 12.9. The van der Waals surface area contributed by atoms with E-state index in [4.69, 9.17) is 32.7 Å². The maximum Gasteiger partial charge on any atom is 0.265 e. The molecule has 11 heteroatoms. The van der Waals surface area contributed by atoms with E-state index in [1.165, 1.54) is 38.5 Å². The largest absolute Gasteiger partial charge is 0.497 e. The first kappa shape index (κ1) is 22.2. The standard InChI is InChI=1S/C19H16Cl2N2O5S2/c1-27-13-6-3-11(4-7-13)23-30(25,26)16-9-12(5-8-15(16)28-2)22-19(24)14-10-17(20)29-18(14)21/h3-10,23H,1-2H3,(H,22,24). The van der Waals surface area contributed by atoms with Crippen molar-refractivity contribution >= 4 is 61.8 Å². The number of ether oxygens (including phenoxy) is 2. The summed E-state index contributed by atoms with van der Waals surface area (Å²) < 4.78 is 39.2. The van der Waals surface area contributed by atoms with Crippen LogP contribution in [0, 0.1) is 0 Å². The fraction of sp³-hybridized carbons (Fsp3) is 0.105. The number of hydrogen-bond donors (Lipinski definition) is 2. The number of carbonyl (C=O) groups is 1. The van der Waals surface area contributed by atoms with Gasteiger partial charge in [0.25, 0.3) is 15.9 Å². The highest BCUT2D eigenvalue weighted by molar-refractivity contribution is 7.92. The SMILES string of the molecule is COc1ccc(NS(=O)(=O)c2cc(NC(=O)c3cc(Cl)sc3Cl)ccc2OC)cc1. The normalized spacial score (nSPS) is 11.1. The Kier molecular flexibility index (Phi) is 6.77. The number of methoxy groups -OCH3 is 2. The summed E-state index contributed by atoms with van der Waals surface area (Å²) in [6.07, 6.45) is 0. The highest BCUT2D eigenvalue weighted by Gasteiger charge is 2.22. The second kappa shape index (κ2) is 9.13. The number of hydrogen-bond acceptors (Lipinski definition) is 6. The van der Waals surface area contributed by atoms with Gasteiger partial charge < -0.3 is 14.8 Å². The van der Waals surface area contributed by atoms with Crippen LogP contribution in [0.1, 0.15) is 10.4 Å². The molecule has 1 heterocycles. The van der Waals surface area contributed by atoms with Crippen molar-refractivity contribution in [2.75, 3.05) is 24.3 Å². The highest BCUT2D eigenvalue weighted by Crippen LogP contribution is 2.33. The van der Waals surface area contributed by atoms with Gasteiger partial charge in [-0.05, 0) is 48.5 Å². The van der Waals surface area contributed by atoms with Crippen LogP contribution in [0.15, 0.2) is 53.4 Å². The first-order chi connectivity index (χ1) is 14.2. The predicted molar refractivity (Wildman–Crippen MR) is 119 cm³/mol. The molecule has 0 spiro atoms. The minimum absolute atomic E-state index is 0.116. The third-order valence-electron chi connectivity index (χ3n) is 3.95. The Bertz CT molecular complexity index is 1180. The molecule has 3 rings (SSSR count). The molecule has 30 heavy (non-hydrogen) atoms. The summed E-state index contributed by atoms with van der Waals surface area (Å²) in [4.78, 5) is 12.3. The van der Waals surface area contributed by atoms with Crippen LogP contribution in [-0.4, -0.2) is 28.5 Å². The van der Waals surface area contributed by atoms with Crippen molar-refractivity contribution in [3.63, 3.8) is 0 Å². The number of thiophene rings is 1. The fourth-order valence-electron chi connectivity index (χ4n) is 2.53. The second-order valence-electron chi connectivity index (χ2n) is 5.89. The van der Waals surface area contributed by atoms with Crippen molar-refractivity contribution in [1.29, 1.82) is 0 Å². The van der Waals surface area contributed by atoms with E-state index in [0.29, 0.717) is 15.8 Å². The molecular formula is C19H16Cl2N2O5S2. The Morgan fingerprint density at radius 2 is 1.63 bits per heavy atom. The Morgan fingerprint density at radius 3 is 2.20 bits per heavy atom. The van der Waals surface area contributed by atoms with Gasteiger partial charge in [0.05, 0.1) is 24.1 Å². The first-order valence-electron chi connectivity index (χ1n) is 8.34. The Balaban J connectivity index is 1.89. The Morgan fingerprint density at radius 1 is 0.967 bits per heavy atom. The molecule has 2 aromatic carbocycles. The third kappa shape index (κ3) is 4.99. The van der Waals surface area contributed by atoms with Gasteiger partial charge in [-0.25, -0.2) is 8.42 Å². The first-order valence-corrected chi connectivity index (χ1v) is 11.4. The van der Waals surface area contributed by atoms with E-state index in [1.807, 2.05) is 0 Å². The van der Waals surface area contributed by atoms with Crippen LogP contribution in [0.5, 0.6) is 11.5 Å². The average molecular weight is 487 g/mol. The lowest BCUT2D eigenvalue weighted by Crippen LogP contribution is -2.16. The van der Waals surface area contributed by atoms with Crippen molar-refractivity contribution in [1.82, 2.24) is 0 Å². The van der Waals surface area contributed by atoms with Gasteiger partial charge in [0, 0.05) is 11.4 Å². The van der Waals surface area contributed by atoms with E-state index >= 15 is 0 Å². The molecule has 0 unspecified atom stereocenters. The van der Waals surface area contributed by atoms with Gasteiger partial charge in [-0.2, -0.15) is 0 Å². The fourth-order valence-corrected chi connectivity index (χ4v) is 5.24. The molecule has 0 aliphatic carbocycles. The monoisotopic (exact) mass is 486 g/mol. The van der Waals surface area contributed by atoms with Gasteiger partial charge in [0.2, 0.25) is 0 Å². The van der Waals surface area contributed by atoms with E-state index < -0.39 is 15.9 Å². The van der Waals surface area contributed by atoms with Crippen molar-refractivity contribution in [3.8, 4) is 11.5 Å². The summed E-state index contributed by atoms with van der Waals surface area (Å²) in [6.45, 7) is 0. The summed E-state index contributed by atoms with van der Waals surface area (Å²) in [6, 6.07) is 12.1. The molecule has 0 fully saturated rings. The minimum atomic E-state index is -4.01. The smallest absolute Gasteiger partial charge is 0.265 e. The molecule has 7 nitrogen and oxygen atoms in total. The predicted octanol–water partition coefficient (Wildman–Crippen LogP) is 5.13. The second-order valence-corrected chi connectivity index (χ2v) is 9.83. The van der Waals surface area contributed by atoms with Crippen LogP contribution in [0.2, 0.25) is 8.67 Å². The molecular weight excluding hydrogens is 471 g/mol. The number of rotatable bonds is 7. The van der Waals surface area contributed by atoms with Gasteiger partial charge in [-0.15, -0.1) is 11.3 Å². The summed E-state index contributed by atoms with van der Waals surface area (Å²) in [5, 5.41) is 2.62. The lowest BCUT2D eigenvalue weighted by Gasteiger charge is -2.14.